The predicted molar refractivity (Wildman–Crippen MR) is 68.0 cm³/mol. The zero-order chi connectivity index (χ0) is 11.7. The number of rotatable bonds is 3. The third-order valence-electron chi connectivity index (χ3n) is 2.24. The van der Waals surface area contributed by atoms with Crippen molar-refractivity contribution in [2.75, 3.05) is 0 Å². The molecule has 0 aliphatic heterocycles. The van der Waals surface area contributed by atoms with Crippen LogP contribution in [0.3, 0.4) is 0 Å². The Labute approximate surface area is 103 Å². The monoisotopic (exact) mass is 254 g/mol. The van der Waals surface area contributed by atoms with E-state index in [0.717, 1.165) is 22.1 Å². The van der Waals surface area contributed by atoms with E-state index in [0.29, 0.717) is 10.7 Å². The molecule has 2 aromatic heterocycles. The molecule has 16 heavy (non-hydrogen) atoms. The molecule has 0 aromatic carbocycles. The van der Waals surface area contributed by atoms with E-state index in [2.05, 4.69) is 29.0 Å². The van der Waals surface area contributed by atoms with Gasteiger partial charge in [0.15, 0.2) is 10.6 Å². The topological polar surface area (TPSA) is 46.5 Å². The van der Waals surface area contributed by atoms with E-state index in [4.69, 9.17) is 12.2 Å². The number of thiazole rings is 1. The zero-order valence-electron chi connectivity index (χ0n) is 9.52. The lowest BCUT2D eigenvalue weighted by Gasteiger charge is -1.98. The van der Waals surface area contributed by atoms with Crippen LogP contribution in [0.15, 0.2) is 6.20 Å². The van der Waals surface area contributed by atoms with E-state index in [9.17, 15) is 0 Å². The summed E-state index contributed by atoms with van der Waals surface area (Å²) in [7, 11) is 1.91. The van der Waals surface area contributed by atoms with Gasteiger partial charge in [-0.05, 0) is 18.1 Å². The average molecular weight is 254 g/mol. The molecule has 0 fully saturated rings. The number of hydrogen-bond donors (Lipinski definition) is 1. The molecule has 0 spiro atoms. The van der Waals surface area contributed by atoms with Gasteiger partial charge >= 0.3 is 0 Å². The summed E-state index contributed by atoms with van der Waals surface area (Å²) in [6.45, 7) is 4.38. The van der Waals surface area contributed by atoms with E-state index in [1.54, 1.807) is 11.3 Å². The number of H-pyrrole nitrogens is 1. The predicted octanol–water partition coefficient (Wildman–Crippen LogP) is 2.80. The minimum atomic E-state index is 0.626. The lowest BCUT2D eigenvalue weighted by molar-refractivity contribution is 0.644. The van der Waals surface area contributed by atoms with Crippen LogP contribution in [-0.4, -0.2) is 19.7 Å². The number of nitrogens with zero attached hydrogens (tertiary/aromatic N) is 3. The molecule has 0 aliphatic carbocycles. The van der Waals surface area contributed by atoms with Gasteiger partial charge in [0.1, 0.15) is 0 Å². The quantitative estimate of drug-likeness (QED) is 0.857. The molecule has 0 radical (unpaired) electrons. The first-order valence-corrected chi connectivity index (χ1v) is 6.37. The molecule has 0 amide bonds. The van der Waals surface area contributed by atoms with Gasteiger partial charge in [-0.25, -0.2) is 4.98 Å². The van der Waals surface area contributed by atoms with Crippen LogP contribution >= 0.6 is 23.6 Å². The van der Waals surface area contributed by atoms with Crippen LogP contribution in [0.2, 0.25) is 0 Å². The van der Waals surface area contributed by atoms with Crippen LogP contribution in [0.25, 0.3) is 10.7 Å². The number of nitrogens with one attached hydrogen (secondary N) is 1. The largest absolute Gasteiger partial charge is 0.303 e. The Balaban J connectivity index is 2.31. The summed E-state index contributed by atoms with van der Waals surface area (Å²) in [5, 5.41) is 8.13. The summed E-state index contributed by atoms with van der Waals surface area (Å²) in [5.74, 6) is 1.49. The molecular formula is C10H14N4S2. The van der Waals surface area contributed by atoms with E-state index in [1.807, 2.05) is 17.8 Å². The summed E-state index contributed by atoms with van der Waals surface area (Å²) in [4.78, 5) is 5.46. The van der Waals surface area contributed by atoms with Gasteiger partial charge in [-0.15, -0.1) is 11.3 Å². The number of aromatic amines is 1. The highest BCUT2D eigenvalue weighted by atomic mass is 32.1. The van der Waals surface area contributed by atoms with Crippen molar-refractivity contribution in [3.05, 3.63) is 16.0 Å². The molecule has 1 N–H and O–H groups in total. The van der Waals surface area contributed by atoms with Gasteiger partial charge in [-0.2, -0.15) is 5.10 Å². The van der Waals surface area contributed by atoms with Gasteiger partial charge in [0, 0.05) is 19.7 Å². The molecule has 0 saturated carbocycles. The number of hydrogen-bond acceptors (Lipinski definition) is 4. The van der Waals surface area contributed by atoms with E-state index in [1.165, 1.54) is 0 Å². The van der Waals surface area contributed by atoms with Crippen LogP contribution in [0, 0.1) is 10.7 Å². The van der Waals surface area contributed by atoms with Crippen molar-refractivity contribution in [2.24, 2.45) is 13.0 Å². The van der Waals surface area contributed by atoms with Gasteiger partial charge in [0.25, 0.3) is 0 Å². The number of aromatic nitrogens is 4. The Kier molecular flexibility index (Phi) is 3.20. The first kappa shape index (κ1) is 11.5. The van der Waals surface area contributed by atoms with Gasteiger partial charge in [-0.3, -0.25) is 5.10 Å². The standard InChI is InChI=1S/C10H14N4S2/c1-6(2)4-8-11-5-7(16-8)9-12-13-10(15)14(9)3/h5-6H,4H2,1-3H3,(H,13,15). The van der Waals surface area contributed by atoms with Crippen LogP contribution < -0.4 is 0 Å². The average Bonchev–Trinajstić information content (AvgIpc) is 2.75. The highest BCUT2D eigenvalue weighted by Gasteiger charge is 2.10. The first-order valence-electron chi connectivity index (χ1n) is 5.14. The van der Waals surface area contributed by atoms with Crippen molar-refractivity contribution in [1.82, 2.24) is 19.7 Å². The fourth-order valence-corrected chi connectivity index (χ4v) is 2.71. The lowest BCUT2D eigenvalue weighted by atomic mass is 10.1. The summed E-state index contributed by atoms with van der Waals surface area (Å²) >= 11 is 6.76. The Morgan fingerprint density at radius 3 is 2.88 bits per heavy atom. The van der Waals surface area contributed by atoms with Crippen molar-refractivity contribution >= 4 is 23.6 Å². The maximum Gasteiger partial charge on any atom is 0.195 e. The van der Waals surface area contributed by atoms with Crippen molar-refractivity contribution in [3.8, 4) is 10.7 Å². The Hall–Kier alpha value is -1.01. The lowest BCUT2D eigenvalue weighted by Crippen LogP contribution is -1.91. The van der Waals surface area contributed by atoms with E-state index in [-0.39, 0.29) is 0 Å². The molecular weight excluding hydrogens is 240 g/mol. The molecule has 2 rings (SSSR count). The van der Waals surface area contributed by atoms with Crippen molar-refractivity contribution in [3.63, 3.8) is 0 Å². The SMILES string of the molecule is CC(C)Cc1ncc(-c2n[nH]c(=S)n2C)s1. The van der Waals surface area contributed by atoms with Crippen molar-refractivity contribution < 1.29 is 0 Å². The highest BCUT2D eigenvalue weighted by Crippen LogP contribution is 2.25. The van der Waals surface area contributed by atoms with E-state index >= 15 is 0 Å². The van der Waals surface area contributed by atoms with Crippen LogP contribution in [0.4, 0.5) is 0 Å². The van der Waals surface area contributed by atoms with Crippen LogP contribution in [0.5, 0.6) is 0 Å². The van der Waals surface area contributed by atoms with Crippen molar-refractivity contribution in [2.45, 2.75) is 20.3 Å². The second-order valence-electron chi connectivity index (χ2n) is 4.13. The maximum atomic E-state index is 5.08. The molecule has 86 valence electrons. The molecule has 2 aromatic rings. The minimum absolute atomic E-state index is 0.626. The zero-order valence-corrected chi connectivity index (χ0v) is 11.2. The van der Waals surface area contributed by atoms with Gasteiger partial charge in [0.2, 0.25) is 0 Å². The fourth-order valence-electron chi connectivity index (χ4n) is 1.42. The van der Waals surface area contributed by atoms with Crippen LogP contribution in [-0.2, 0) is 13.5 Å². The summed E-state index contributed by atoms with van der Waals surface area (Å²) < 4.78 is 2.50. The van der Waals surface area contributed by atoms with Gasteiger partial charge < -0.3 is 4.57 Å². The summed E-state index contributed by atoms with van der Waals surface area (Å²) in [6.07, 6.45) is 2.88. The van der Waals surface area contributed by atoms with Gasteiger partial charge in [-0.1, -0.05) is 13.8 Å². The molecule has 0 bridgehead atoms. The molecule has 0 unspecified atom stereocenters. The summed E-state index contributed by atoms with van der Waals surface area (Å²) in [6, 6.07) is 0. The molecule has 6 heteroatoms. The normalized spacial score (nSPS) is 11.2. The summed E-state index contributed by atoms with van der Waals surface area (Å²) in [5.41, 5.74) is 0. The Morgan fingerprint density at radius 1 is 1.56 bits per heavy atom. The molecule has 0 atom stereocenters. The highest BCUT2D eigenvalue weighted by molar-refractivity contribution is 7.71. The molecule has 4 nitrogen and oxygen atoms in total. The molecule has 0 aliphatic rings. The van der Waals surface area contributed by atoms with E-state index < -0.39 is 0 Å². The first-order chi connectivity index (χ1) is 7.58. The fraction of sp³-hybridized carbons (Fsp3) is 0.500. The van der Waals surface area contributed by atoms with Crippen molar-refractivity contribution in [1.29, 1.82) is 0 Å². The third-order valence-corrected chi connectivity index (χ3v) is 3.62. The van der Waals surface area contributed by atoms with Crippen LogP contribution in [0.1, 0.15) is 18.9 Å². The second-order valence-corrected chi connectivity index (χ2v) is 5.63. The Morgan fingerprint density at radius 2 is 2.31 bits per heavy atom. The molecule has 2 heterocycles. The maximum absolute atomic E-state index is 5.08. The smallest absolute Gasteiger partial charge is 0.195 e. The Bertz CT molecular complexity index is 535. The van der Waals surface area contributed by atoms with Gasteiger partial charge in [0.05, 0.1) is 9.88 Å². The third kappa shape index (κ3) is 2.22. The molecule has 0 saturated heterocycles. The minimum Gasteiger partial charge on any atom is -0.303 e. The second kappa shape index (κ2) is 4.47.